The summed E-state index contributed by atoms with van der Waals surface area (Å²) in [6, 6.07) is 8.66. The van der Waals surface area contributed by atoms with Crippen LogP contribution in [-0.4, -0.2) is 19.6 Å². The first-order valence-electron chi connectivity index (χ1n) is 5.90. The standard InChI is InChI=1S/C14H20N2/c1-11(2)9-16-10-12(7-8-15)13-5-3-4-6-14(13)16/h3-6,12H,1,7-10,15H2,2H3. The molecule has 16 heavy (non-hydrogen) atoms. The summed E-state index contributed by atoms with van der Waals surface area (Å²) in [5.74, 6) is 0.598. The average molecular weight is 216 g/mol. The summed E-state index contributed by atoms with van der Waals surface area (Å²) < 4.78 is 0. The van der Waals surface area contributed by atoms with Gasteiger partial charge in [0.2, 0.25) is 0 Å². The SMILES string of the molecule is C=C(C)CN1CC(CCN)c2ccccc21. The molecule has 2 N–H and O–H groups in total. The maximum absolute atomic E-state index is 5.68. The van der Waals surface area contributed by atoms with Crippen molar-refractivity contribution in [3.8, 4) is 0 Å². The van der Waals surface area contributed by atoms with E-state index >= 15 is 0 Å². The fourth-order valence-corrected chi connectivity index (χ4v) is 2.51. The highest BCUT2D eigenvalue weighted by Crippen LogP contribution is 2.37. The summed E-state index contributed by atoms with van der Waals surface area (Å²) in [6.45, 7) is 8.89. The van der Waals surface area contributed by atoms with Crippen molar-refractivity contribution in [2.45, 2.75) is 19.3 Å². The van der Waals surface area contributed by atoms with Crippen molar-refractivity contribution in [3.63, 3.8) is 0 Å². The van der Waals surface area contributed by atoms with Crippen LogP contribution in [0.3, 0.4) is 0 Å². The van der Waals surface area contributed by atoms with E-state index in [4.69, 9.17) is 5.73 Å². The van der Waals surface area contributed by atoms with Gasteiger partial charge in [0.25, 0.3) is 0 Å². The summed E-state index contributed by atoms with van der Waals surface area (Å²) in [5, 5.41) is 0. The van der Waals surface area contributed by atoms with Crippen molar-refractivity contribution in [3.05, 3.63) is 42.0 Å². The Bertz CT molecular complexity index is 384. The smallest absolute Gasteiger partial charge is 0.0405 e. The van der Waals surface area contributed by atoms with E-state index in [1.165, 1.54) is 16.8 Å². The Balaban J connectivity index is 2.24. The van der Waals surface area contributed by atoms with E-state index in [-0.39, 0.29) is 0 Å². The third-order valence-corrected chi connectivity index (χ3v) is 3.13. The maximum Gasteiger partial charge on any atom is 0.0405 e. The zero-order valence-corrected chi connectivity index (χ0v) is 9.95. The summed E-state index contributed by atoms with van der Waals surface area (Å²) in [5.41, 5.74) is 9.71. The minimum Gasteiger partial charge on any atom is -0.367 e. The van der Waals surface area contributed by atoms with E-state index < -0.39 is 0 Å². The second kappa shape index (κ2) is 4.71. The van der Waals surface area contributed by atoms with Crippen LogP contribution in [-0.2, 0) is 0 Å². The van der Waals surface area contributed by atoms with Gasteiger partial charge in [-0.1, -0.05) is 30.4 Å². The molecule has 0 spiro atoms. The first kappa shape index (κ1) is 11.2. The predicted molar refractivity (Wildman–Crippen MR) is 69.9 cm³/mol. The van der Waals surface area contributed by atoms with Gasteiger partial charge >= 0.3 is 0 Å². The Kier molecular flexibility index (Phi) is 3.30. The van der Waals surface area contributed by atoms with Crippen LogP contribution in [0, 0.1) is 0 Å². The molecule has 0 saturated heterocycles. The molecule has 0 aromatic heterocycles. The van der Waals surface area contributed by atoms with Gasteiger partial charge in [0.05, 0.1) is 0 Å². The normalized spacial score (nSPS) is 18.6. The van der Waals surface area contributed by atoms with Gasteiger partial charge in [0.1, 0.15) is 0 Å². The van der Waals surface area contributed by atoms with Gasteiger partial charge in [0, 0.05) is 24.7 Å². The van der Waals surface area contributed by atoms with Gasteiger partial charge in [-0.3, -0.25) is 0 Å². The zero-order valence-electron chi connectivity index (χ0n) is 9.95. The van der Waals surface area contributed by atoms with E-state index in [9.17, 15) is 0 Å². The second-order valence-electron chi connectivity index (χ2n) is 4.67. The Labute approximate surface area is 97.8 Å². The highest BCUT2D eigenvalue weighted by Gasteiger charge is 2.27. The van der Waals surface area contributed by atoms with Crippen LogP contribution in [0.15, 0.2) is 36.4 Å². The van der Waals surface area contributed by atoms with Crippen LogP contribution in [0.2, 0.25) is 0 Å². The highest BCUT2D eigenvalue weighted by molar-refractivity contribution is 5.60. The molecule has 1 aliphatic heterocycles. The lowest BCUT2D eigenvalue weighted by atomic mass is 9.98. The van der Waals surface area contributed by atoms with Crippen LogP contribution in [0.4, 0.5) is 5.69 Å². The van der Waals surface area contributed by atoms with Crippen LogP contribution >= 0.6 is 0 Å². The molecule has 1 aromatic rings. The fourth-order valence-electron chi connectivity index (χ4n) is 2.51. The van der Waals surface area contributed by atoms with Gasteiger partial charge in [-0.2, -0.15) is 0 Å². The number of hydrogen-bond donors (Lipinski definition) is 1. The molecular formula is C14H20N2. The summed E-state index contributed by atoms with van der Waals surface area (Å²) in [4.78, 5) is 2.41. The van der Waals surface area contributed by atoms with E-state index in [0.29, 0.717) is 5.92 Å². The van der Waals surface area contributed by atoms with Crippen LogP contribution in [0.5, 0.6) is 0 Å². The third kappa shape index (κ3) is 2.12. The number of anilines is 1. The molecule has 1 aromatic carbocycles. The lowest BCUT2D eigenvalue weighted by Gasteiger charge is -2.19. The van der Waals surface area contributed by atoms with Gasteiger partial charge in [-0.25, -0.2) is 0 Å². The lowest BCUT2D eigenvalue weighted by Crippen LogP contribution is -2.24. The number of nitrogens with two attached hydrogens (primary N) is 1. The molecule has 2 heteroatoms. The molecule has 0 bridgehead atoms. The topological polar surface area (TPSA) is 29.3 Å². The van der Waals surface area contributed by atoms with E-state index in [1.54, 1.807) is 0 Å². The Morgan fingerprint density at radius 3 is 2.94 bits per heavy atom. The number of para-hydroxylation sites is 1. The minimum absolute atomic E-state index is 0.598. The molecule has 1 atom stereocenters. The van der Waals surface area contributed by atoms with Gasteiger partial charge in [0.15, 0.2) is 0 Å². The van der Waals surface area contributed by atoms with Gasteiger partial charge in [-0.05, 0) is 31.5 Å². The minimum atomic E-state index is 0.598. The largest absolute Gasteiger partial charge is 0.367 e. The van der Waals surface area contributed by atoms with Crippen LogP contribution in [0.1, 0.15) is 24.8 Å². The maximum atomic E-state index is 5.68. The molecule has 0 fully saturated rings. The molecule has 0 saturated carbocycles. The second-order valence-corrected chi connectivity index (χ2v) is 4.67. The number of nitrogens with zero attached hydrogens (tertiary/aromatic N) is 1. The fraction of sp³-hybridized carbons (Fsp3) is 0.429. The number of rotatable bonds is 4. The van der Waals surface area contributed by atoms with Crippen molar-refractivity contribution in [2.75, 3.05) is 24.5 Å². The molecule has 0 radical (unpaired) electrons. The Morgan fingerprint density at radius 2 is 2.25 bits per heavy atom. The van der Waals surface area contributed by atoms with E-state index in [1.807, 2.05) is 0 Å². The number of fused-ring (bicyclic) bond motifs is 1. The van der Waals surface area contributed by atoms with Gasteiger partial charge in [-0.15, -0.1) is 0 Å². The van der Waals surface area contributed by atoms with Crippen molar-refractivity contribution < 1.29 is 0 Å². The average Bonchev–Trinajstić information content (AvgIpc) is 2.58. The Morgan fingerprint density at radius 1 is 1.50 bits per heavy atom. The first-order valence-corrected chi connectivity index (χ1v) is 5.90. The summed E-state index contributed by atoms with van der Waals surface area (Å²) in [6.07, 6.45) is 1.07. The van der Waals surface area contributed by atoms with Crippen molar-refractivity contribution in [1.29, 1.82) is 0 Å². The quantitative estimate of drug-likeness (QED) is 0.784. The number of benzene rings is 1. The molecule has 0 aliphatic carbocycles. The summed E-state index contributed by atoms with van der Waals surface area (Å²) in [7, 11) is 0. The molecular weight excluding hydrogens is 196 g/mol. The molecule has 2 rings (SSSR count). The molecule has 1 unspecified atom stereocenters. The highest BCUT2D eigenvalue weighted by atomic mass is 15.2. The molecule has 1 aliphatic rings. The predicted octanol–water partition coefficient (Wildman–Crippen LogP) is 2.52. The van der Waals surface area contributed by atoms with Crippen LogP contribution in [0.25, 0.3) is 0 Å². The van der Waals surface area contributed by atoms with Crippen molar-refractivity contribution in [1.82, 2.24) is 0 Å². The molecule has 0 amide bonds. The number of hydrogen-bond acceptors (Lipinski definition) is 2. The van der Waals surface area contributed by atoms with E-state index in [0.717, 1.165) is 26.1 Å². The van der Waals surface area contributed by atoms with Crippen molar-refractivity contribution >= 4 is 5.69 Å². The third-order valence-electron chi connectivity index (χ3n) is 3.13. The zero-order chi connectivity index (χ0) is 11.5. The van der Waals surface area contributed by atoms with Crippen LogP contribution < -0.4 is 10.6 Å². The first-order chi connectivity index (χ1) is 7.72. The molecule has 86 valence electrons. The summed E-state index contributed by atoms with van der Waals surface area (Å²) >= 11 is 0. The van der Waals surface area contributed by atoms with Gasteiger partial charge < -0.3 is 10.6 Å². The Hall–Kier alpha value is -1.28. The van der Waals surface area contributed by atoms with Crippen molar-refractivity contribution in [2.24, 2.45) is 5.73 Å². The molecule has 2 nitrogen and oxygen atoms in total. The van der Waals surface area contributed by atoms with E-state index in [2.05, 4.69) is 42.7 Å². The lowest BCUT2D eigenvalue weighted by molar-refractivity contribution is 0.653. The monoisotopic (exact) mass is 216 g/mol. The molecule has 1 heterocycles.